The summed E-state index contributed by atoms with van der Waals surface area (Å²) in [5, 5.41) is 0. The van der Waals surface area contributed by atoms with E-state index in [9.17, 15) is 4.79 Å². The van der Waals surface area contributed by atoms with Gasteiger partial charge in [-0.1, -0.05) is 13.1 Å². The van der Waals surface area contributed by atoms with Crippen molar-refractivity contribution in [1.29, 1.82) is 0 Å². The normalized spacial score (nSPS) is 17.0. The van der Waals surface area contributed by atoms with E-state index in [1.807, 2.05) is 27.3 Å². The topological polar surface area (TPSA) is 44.8 Å². The van der Waals surface area contributed by atoms with Crippen LogP contribution in [0.5, 0.6) is 0 Å². The second-order valence-electron chi connectivity index (χ2n) is 3.32. The lowest BCUT2D eigenvalue weighted by molar-refractivity contribution is -0.227. The van der Waals surface area contributed by atoms with Crippen molar-refractivity contribution in [3.8, 4) is 0 Å². The number of carbonyl (C=O) groups excluding carboxylic acids is 1. The van der Waals surface area contributed by atoms with E-state index < -0.39 is 20.9 Å². The number of ether oxygens (including phenoxy) is 3. The second kappa shape index (κ2) is 7.59. The first-order valence-corrected chi connectivity index (χ1v) is 7.79. The monoisotopic (exact) mass is 246 g/mol. The Hall–Kier alpha value is -0.653. The summed E-state index contributed by atoms with van der Waals surface area (Å²) in [5.41, 5.74) is -0.879. The van der Waals surface area contributed by atoms with Crippen molar-refractivity contribution in [3.05, 3.63) is 12.7 Å². The molecule has 0 amide bonds. The van der Waals surface area contributed by atoms with Crippen LogP contribution >= 0.6 is 0 Å². The molecule has 0 bridgehead atoms. The van der Waals surface area contributed by atoms with Gasteiger partial charge in [-0.3, -0.25) is 0 Å². The largest absolute Gasteiger partial charge is 0.432 e. The van der Waals surface area contributed by atoms with Crippen molar-refractivity contribution < 1.29 is 19.0 Å². The van der Waals surface area contributed by atoms with Crippen LogP contribution in [0.15, 0.2) is 12.7 Å². The molecule has 0 N–H and O–H groups in total. The van der Waals surface area contributed by atoms with E-state index in [1.54, 1.807) is 0 Å². The zero-order chi connectivity index (χ0) is 12.6. The Morgan fingerprint density at radius 1 is 1.50 bits per heavy atom. The summed E-state index contributed by atoms with van der Waals surface area (Å²) < 4.78 is 16.5. The third-order valence-corrected chi connectivity index (χ3v) is 4.27. The summed E-state index contributed by atoms with van der Waals surface area (Å²) in [4.78, 5) is 11.3. The van der Waals surface area contributed by atoms with Gasteiger partial charge in [0.1, 0.15) is 15.6 Å². The van der Waals surface area contributed by atoms with Crippen LogP contribution in [0.25, 0.3) is 0 Å². The summed E-state index contributed by atoms with van der Waals surface area (Å²) >= 11 is 0. The first kappa shape index (κ1) is 15.3. The summed E-state index contributed by atoms with van der Waals surface area (Å²) in [5.74, 6) is -0.464. The minimum atomic E-state index is -0.879. The van der Waals surface area contributed by atoms with Crippen LogP contribution in [0, 0.1) is 0 Å². The molecule has 0 aromatic heterocycles. The molecule has 0 fully saturated rings. The molecule has 16 heavy (non-hydrogen) atoms. The van der Waals surface area contributed by atoms with E-state index in [2.05, 4.69) is 6.58 Å². The lowest BCUT2D eigenvalue weighted by Gasteiger charge is -2.36. The van der Waals surface area contributed by atoms with E-state index in [-0.39, 0.29) is 6.10 Å². The molecule has 4 nitrogen and oxygen atoms in total. The smallest absolute Gasteiger partial charge is 0.332 e. The van der Waals surface area contributed by atoms with Crippen molar-refractivity contribution in [3.63, 3.8) is 0 Å². The summed E-state index contributed by atoms with van der Waals surface area (Å²) in [6.45, 7) is 12.1. The summed E-state index contributed by atoms with van der Waals surface area (Å²) in [6.07, 6.45) is 0.897. The van der Waals surface area contributed by atoms with Gasteiger partial charge in [-0.25, -0.2) is 4.79 Å². The van der Waals surface area contributed by atoms with Gasteiger partial charge >= 0.3 is 5.97 Å². The van der Waals surface area contributed by atoms with E-state index >= 15 is 0 Å². The molecule has 0 spiro atoms. The van der Waals surface area contributed by atoms with Crippen LogP contribution in [0.3, 0.4) is 0 Å². The van der Waals surface area contributed by atoms with Gasteiger partial charge < -0.3 is 14.2 Å². The Bertz CT molecular complexity index is 232. The predicted octanol–water partition coefficient (Wildman–Crippen LogP) is 1.05. The fourth-order valence-corrected chi connectivity index (χ4v) is 2.91. The molecule has 0 aromatic carbocycles. The number of hydrogen-bond acceptors (Lipinski definition) is 4. The summed E-state index contributed by atoms with van der Waals surface area (Å²) in [6, 6.07) is 0. The van der Waals surface area contributed by atoms with E-state index in [0.29, 0.717) is 13.2 Å². The average molecular weight is 246 g/mol. The molecule has 0 aliphatic rings. The Labute approximate surface area is 99.8 Å². The molecular weight excluding hydrogens is 224 g/mol. The van der Waals surface area contributed by atoms with Crippen molar-refractivity contribution in [2.45, 2.75) is 38.8 Å². The highest BCUT2D eigenvalue weighted by atomic mass is 28.2. The van der Waals surface area contributed by atoms with Crippen LogP contribution in [-0.2, 0) is 19.0 Å². The Morgan fingerprint density at radius 3 is 2.50 bits per heavy atom. The maximum atomic E-state index is 11.3. The quantitative estimate of drug-likeness (QED) is 0.278. The molecular formula is C11H22O4Si. The molecule has 94 valence electrons. The van der Waals surface area contributed by atoms with Crippen molar-refractivity contribution >= 4 is 15.5 Å². The Morgan fingerprint density at radius 2 is 2.12 bits per heavy atom. The molecule has 0 radical (unpaired) electrons. The van der Waals surface area contributed by atoms with Crippen LogP contribution in [-0.4, -0.2) is 40.2 Å². The Kier molecular flexibility index (Phi) is 7.28. The molecule has 0 aliphatic carbocycles. The van der Waals surface area contributed by atoms with Crippen LogP contribution in [0.4, 0.5) is 0 Å². The van der Waals surface area contributed by atoms with Crippen molar-refractivity contribution in [2.75, 3.05) is 13.2 Å². The third kappa shape index (κ3) is 4.07. The van der Waals surface area contributed by atoms with Crippen LogP contribution in [0.2, 0.25) is 6.55 Å². The first-order valence-electron chi connectivity index (χ1n) is 5.67. The third-order valence-electron chi connectivity index (χ3n) is 2.36. The van der Waals surface area contributed by atoms with Crippen LogP contribution < -0.4 is 0 Å². The second-order valence-corrected chi connectivity index (χ2v) is 5.01. The molecule has 0 saturated heterocycles. The maximum Gasteiger partial charge on any atom is 0.332 e. The lowest BCUT2D eigenvalue weighted by Crippen LogP contribution is -2.52. The molecule has 0 saturated carbocycles. The number of hydrogen-bond donors (Lipinski definition) is 0. The molecule has 2 unspecified atom stereocenters. The molecule has 0 rings (SSSR count). The molecule has 0 heterocycles. The van der Waals surface area contributed by atoms with Crippen molar-refractivity contribution in [1.82, 2.24) is 0 Å². The number of carbonyl (C=O) groups is 1. The van der Waals surface area contributed by atoms with Gasteiger partial charge in [-0.2, -0.15) is 0 Å². The number of rotatable bonds is 8. The van der Waals surface area contributed by atoms with Gasteiger partial charge in [0.25, 0.3) is 0 Å². The lowest BCUT2D eigenvalue weighted by atomic mass is 10.3. The minimum Gasteiger partial charge on any atom is -0.432 e. The predicted molar refractivity (Wildman–Crippen MR) is 66.1 cm³/mol. The van der Waals surface area contributed by atoms with Gasteiger partial charge in [0.05, 0.1) is 0 Å². The zero-order valence-electron chi connectivity index (χ0n) is 10.6. The zero-order valence-corrected chi connectivity index (χ0v) is 12.0. The molecule has 0 aromatic rings. The highest BCUT2D eigenvalue weighted by molar-refractivity contribution is 6.37. The fraction of sp³-hybridized carbons (Fsp3) is 0.727. The summed E-state index contributed by atoms with van der Waals surface area (Å²) in [7, 11) is -0.748. The molecule has 0 aliphatic heterocycles. The highest BCUT2D eigenvalue weighted by Crippen LogP contribution is 2.20. The minimum absolute atomic E-state index is 0.252. The van der Waals surface area contributed by atoms with Gasteiger partial charge in [-0.15, -0.1) is 0 Å². The van der Waals surface area contributed by atoms with Gasteiger partial charge in [0.2, 0.25) is 5.41 Å². The van der Waals surface area contributed by atoms with Gasteiger partial charge in [0.15, 0.2) is 0 Å². The maximum absolute atomic E-state index is 11.3. The molecule has 5 heteroatoms. The van der Waals surface area contributed by atoms with E-state index in [0.717, 1.165) is 6.08 Å². The molecule has 2 atom stereocenters. The average Bonchev–Trinajstić information content (AvgIpc) is 2.28. The van der Waals surface area contributed by atoms with Gasteiger partial charge in [-0.05, 0) is 20.8 Å². The standard InChI is InChI=1S/C11H22O4Si/c1-6-10(12)15-11(16-5,14-8-3)9(4)13-7-2/h6,9H,1,7-8,16H2,2-5H3. The highest BCUT2D eigenvalue weighted by Gasteiger charge is 2.39. The Balaban J connectivity index is 4.81. The van der Waals surface area contributed by atoms with Gasteiger partial charge in [0, 0.05) is 19.3 Å². The van der Waals surface area contributed by atoms with Crippen LogP contribution in [0.1, 0.15) is 20.8 Å². The van der Waals surface area contributed by atoms with E-state index in [4.69, 9.17) is 14.2 Å². The van der Waals surface area contributed by atoms with E-state index in [1.165, 1.54) is 0 Å². The SMILES string of the molecule is C=CC(=O)OC(OCC)([SiH2]C)C(C)OCC. The fourth-order valence-electron chi connectivity index (χ4n) is 1.52. The number of esters is 1. The first-order chi connectivity index (χ1) is 7.56. The van der Waals surface area contributed by atoms with Crippen molar-refractivity contribution in [2.24, 2.45) is 0 Å².